The number of hydrogen-bond acceptors (Lipinski definition) is 3. The van der Waals surface area contributed by atoms with Gasteiger partial charge in [-0.1, -0.05) is 24.3 Å². The summed E-state index contributed by atoms with van der Waals surface area (Å²) in [5.41, 5.74) is 2.83. The van der Waals surface area contributed by atoms with Gasteiger partial charge < -0.3 is 10.4 Å². The molecule has 0 spiro atoms. The SMILES string of the molecule is CNC(=O)Cn1cc(-c2ccc(CO)cc2)cn1. The standard InChI is InChI=1S/C13H15N3O2/c1-14-13(18)8-16-7-12(6-15-16)11-4-2-10(9-17)3-5-11/h2-7,17H,8-9H2,1H3,(H,14,18). The topological polar surface area (TPSA) is 67.2 Å². The molecule has 2 N–H and O–H groups in total. The second-order valence-electron chi connectivity index (χ2n) is 3.95. The number of likely N-dealkylation sites (N-methyl/N-ethyl adjacent to an activating group) is 1. The lowest BCUT2D eigenvalue weighted by atomic mass is 10.1. The van der Waals surface area contributed by atoms with E-state index in [9.17, 15) is 4.79 Å². The lowest BCUT2D eigenvalue weighted by Crippen LogP contribution is -2.23. The predicted molar refractivity (Wildman–Crippen MR) is 67.7 cm³/mol. The summed E-state index contributed by atoms with van der Waals surface area (Å²) in [6.45, 7) is 0.251. The normalized spacial score (nSPS) is 10.3. The molecule has 0 atom stereocenters. The van der Waals surface area contributed by atoms with Crippen molar-refractivity contribution >= 4 is 5.91 Å². The summed E-state index contributed by atoms with van der Waals surface area (Å²) >= 11 is 0. The smallest absolute Gasteiger partial charge is 0.241 e. The maximum absolute atomic E-state index is 11.2. The number of aromatic nitrogens is 2. The van der Waals surface area contributed by atoms with E-state index in [-0.39, 0.29) is 19.1 Å². The lowest BCUT2D eigenvalue weighted by Gasteiger charge is -2.00. The summed E-state index contributed by atoms with van der Waals surface area (Å²) < 4.78 is 1.59. The summed E-state index contributed by atoms with van der Waals surface area (Å²) in [4.78, 5) is 11.2. The number of hydrogen-bond donors (Lipinski definition) is 2. The Kier molecular flexibility index (Phi) is 3.74. The number of rotatable bonds is 4. The van der Waals surface area contributed by atoms with E-state index >= 15 is 0 Å². The second-order valence-corrected chi connectivity index (χ2v) is 3.95. The number of aliphatic hydroxyl groups excluding tert-OH is 1. The second kappa shape index (κ2) is 5.46. The van der Waals surface area contributed by atoms with Crippen molar-refractivity contribution in [2.75, 3.05) is 7.05 Å². The van der Waals surface area contributed by atoms with Gasteiger partial charge in [0.15, 0.2) is 0 Å². The number of benzene rings is 1. The van der Waals surface area contributed by atoms with Crippen molar-refractivity contribution in [3.05, 3.63) is 42.2 Å². The van der Waals surface area contributed by atoms with Gasteiger partial charge in [-0.25, -0.2) is 0 Å². The fraction of sp³-hybridized carbons (Fsp3) is 0.231. The molecule has 1 aromatic heterocycles. The Morgan fingerprint density at radius 2 is 2.06 bits per heavy atom. The average molecular weight is 245 g/mol. The van der Waals surface area contributed by atoms with Crippen molar-refractivity contribution in [3.63, 3.8) is 0 Å². The van der Waals surface area contributed by atoms with Gasteiger partial charge in [-0.15, -0.1) is 0 Å². The minimum atomic E-state index is -0.0831. The van der Waals surface area contributed by atoms with Crippen LogP contribution in [0.15, 0.2) is 36.7 Å². The Bertz CT molecular complexity index is 531. The minimum absolute atomic E-state index is 0.0379. The van der Waals surface area contributed by atoms with E-state index in [4.69, 9.17) is 5.11 Å². The van der Waals surface area contributed by atoms with E-state index in [0.717, 1.165) is 16.7 Å². The third kappa shape index (κ3) is 2.75. The lowest BCUT2D eigenvalue weighted by molar-refractivity contribution is -0.121. The molecule has 0 saturated heterocycles. The molecule has 0 aliphatic carbocycles. The quantitative estimate of drug-likeness (QED) is 0.836. The summed E-state index contributed by atoms with van der Waals surface area (Å²) in [6.07, 6.45) is 3.54. The molecule has 0 radical (unpaired) electrons. The van der Waals surface area contributed by atoms with E-state index < -0.39 is 0 Å². The largest absolute Gasteiger partial charge is 0.392 e. The van der Waals surface area contributed by atoms with Gasteiger partial charge >= 0.3 is 0 Å². The number of carbonyl (C=O) groups excluding carboxylic acids is 1. The summed E-state index contributed by atoms with van der Waals surface area (Å²) in [6, 6.07) is 7.58. The van der Waals surface area contributed by atoms with Gasteiger partial charge in [0, 0.05) is 18.8 Å². The maximum atomic E-state index is 11.2. The van der Waals surface area contributed by atoms with Crippen LogP contribution in [-0.4, -0.2) is 27.8 Å². The van der Waals surface area contributed by atoms with E-state index in [0.29, 0.717) is 0 Å². The molecule has 1 amide bonds. The molecule has 0 saturated carbocycles. The van der Waals surface area contributed by atoms with Crippen LogP contribution in [-0.2, 0) is 17.9 Å². The summed E-state index contributed by atoms with van der Waals surface area (Å²) in [5, 5.41) is 15.6. The molecule has 2 rings (SSSR count). The number of nitrogens with zero attached hydrogens (tertiary/aromatic N) is 2. The highest BCUT2D eigenvalue weighted by atomic mass is 16.3. The van der Waals surface area contributed by atoms with Crippen LogP contribution in [0.5, 0.6) is 0 Å². The van der Waals surface area contributed by atoms with Crippen LogP contribution in [0.4, 0.5) is 0 Å². The third-order valence-electron chi connectivity index (χ3n) is 2.69. The van der Waals surface area contributed by atoms with Gasteiger partial charge in [0.1, 0.15) is 6.54 Å². The molecule has 5 heteroatoms. The van der Waals surface area contributed by atoms with Crippen LogP contribution in [0.3, 0.4) is 0 Å². The highest BCUT2D eigenvalue weighted by molar-refractivity contribution is 5.75. The Hall–Kier alpha value is -2.14. The minimum Gasteiger partial charge on any atom is -0.392 e. The average Bonchev–Trinajstić information content (AvgIpc) is 2.87. The zero-order chi connectivity index (χ0) is 13.0. The molecule has 0 fully saturated rings. The van der Waals surface area contributed by atoms with Gasteiger partial charge in [-0.05, 0) is 11.1 Å². The molecular formula is C13H15N3O2. The van der Waals surface area contributed by atoms with E-state index in [1.807, 2.05) is 30.5 Å². The fourth-order valence-electron chi connectivity index (χ4n) is 1.63. The maximum Gasteiger partial charge on any atom is 0.241 e. The highest BCUT2D eigenvalue weighted by Gasteiger charge is 2.04. The molecule has 1 heterocycles. The van der Waals surface area contributed by atoms with E-state index in [1.165, 1.54) is 0 Å². The van der Waals surface area contributed by atoms with E-state index in [1.54, 1.807) is 17.9 Å². The van der Waals surface area contributed by atoms with Crippen molar-refractivity contribution in [2.45, 2.75) is 13.2 Å². The molecule has 1 aromatic carbocycles. The number of nitrogens with one attached hydrogen (secondary N) is 1. The summed E-state index contributed by atoms with van der Waals surface area (Å²) in [5.74, 6) is -0.0831. The first-order valence-electron chi connectivity index (χ1n) is 5.66. The van der Waals surface area contributed by atoms with Crippen LogP contribution in [0, 0.1) is 0 Å². The number of amides is 1. The van der Waals surface area contributed by atoms with Gasteiger partial charge in [0.05, 0.1) is 12.8 Å². The van der Waals surface area contributed by atoms with Crippen LogP contribution in [0.25, 0.3) is 11.1 Å². The first-order valence-corrected chi connectivity index (χ1v) is 5.66. The monoisotopic (exact) mass is 245 g/mol. The Labute approximate surface area is 105 Å². The Morgan fingerprint density at radius 3 is 2.67 bits per heavy atom. The van der Waals surface area contributed by atoms with Gasteiger partial charge in [0.25, 0.3) is 0 Å². The molecule has 94 valence electrons. The Morgan fingerprint density at radius 1 is 1.33 bits per heavy atom. The molecule has 0 aliphatic rings. The van der Waals surface area contributed by atoms with Gasteiger partial charge in [0.2, 0.25) is 5.91 Å². The van der Waals surface area contributed by atoms with Gasteiger partial charge in [-0.2, -0.15) is 5.10 Å². The van der Waals surface area contributed by atoms with Crippen molar-refractivity contribution in [3.8, 4) is 11.1 Å². The molecule has 5 nitrogen and oxygen atoms in total. The van der Waals surface area contributed by atoms with Crippen molar-refractivity contribution in [1.29, 1.82) is 0 Å². The molecule has 0 bridgehead atoms. The molecule has 2 aromatic rings. The zero-order valence-corrected chi connectivity index (χ0v) is 10.1. The van der Waals surface area contributed by atoms with Crippen molar-refractivity contribution in [2.24, 2.45) is 0 Å². The zero-order valence-electron chi connectivity index (χ0n) is 10.1. The highest BCUT2D eigenvalue weighted by Crippen LogP contribution is 2.18. The number of aliphatic hydroxyl groups is 1. The first kappa shape index (κ1) is 12.3. The summed E-state index contributed by atoms with van der Waals surface area (Å²) in [7, 11) is 1.60. The van der Waals surface area contributed by atoms with Crippen molar-refractivity contribution in [1.82, 2.24) is 15.1 Å². The van der Waals surface area contributed by atoms with Crippen LogP contribution in [0.2, 0.25) is 0 Å². The van der Waals surface area contributed by atoms with Crippen molar-refractivity contribution < 1.29 is 9.90 Å². The third-order valence-corrected chi connectivity index (χ3v) is 2.69. The van der Waals surface area contributed by atoms with E-state index in [2.05, 4.69) is 10.4 Å². The number of carbonyl (C=O) groups is 1. The molecule has 0 unspecified atom stereocenters. The Balaban J connectivity index is 2.15. The fourth-order valence-corrected chi connectivity index (χ4v) is 1.63. The van der Waals surface area contributed by atoms with Crippen LogP contribution in [0.1, 0.15) is 5.56 Å². The first-order chi connectivity index (χ1) is 8.72. The van der Waals surface area contributed by atoms with Gasteiger partial charge in [-0.3, -0.25) is 9.48 Å². The molecular weight excluding hydrogens is 230 g/mol. The molecule has 0 aliphatic heterocycles. The van der Waals surface area contributed by atoms with Crippen LogP contribution >= 0.6 is 0 Å². The van der Waals surface area contributed by atoms with Crippen LogP contribution < -0.4 is 5.32 Å². The molecule has 18 heavy (non-hydrogen) atoms. The predicted octanol–water partition coefficient (Wildman–Crippen LogP) is 0.788.